The Morgan fingerprint density at radius 2 is 2.09 bits per heavy atom. The zero-order valence-corrected chi connectivity index (χ0v) is 29.9. The molecule has 0 aromatic carbocycles. The van der Waals surface area contributed by atoms with Crippen molar-refractivity contribution in [2.24, 2.45) is 34.1 Å². The van der Waals surface area contributed by atoms with Crippen molar-refractivity contribution in [1.29, 1.82) is 0 Å². The van der Waals surface area contributed by atoms with Crippen molar-refractivity contribution in [2.45, 2.75) is 137 Å². The van der Waals surface area contributed by atoms with Crippen LogP contribution in [0.5, 0.6) is 0 Å². The first kappa shape index (κ1) is 27.3. The number of allylic oxidation sites excluding steroid dienone is 3. The Balaban J connectivity index is 0.000000270. The van der Waals surface area contributed by atoms with Gasteiger partial charge < -0.3 is 27.5 Å². The van der Waals surface area contributed by atoms with Crippen LogP contribution in [-0.4, -0.2) is 30.6 Å². The number of aliphatic imine (C=N–C) groups is 1. The van der Waals surface area contributed by atoms with Crippen LogP contribution < -0.4 is 0 Å². The van der Waals surface area contributed by atoms with Crippen molar-refractivity contribution in [3.63, 3.8) is 0 Å². The fourth-order valence-corrected chi connectivity index (χ4v) is 9.04. The quantitative estimate of drug-likeness (QED) is 0.282. The fourth-order valence-electron chi connectivity index (χ4n) is 7.66. The fraction of sp³-hybridized carbons (Fsp3) is 0.730. The largest absolute Gasteiger partial charge is 0.769 e. The standard InChI is InChI=1S/C25H36N2OS.C12H17N.Ir/c1-14-9-10-17-16-7-6-8-18(23(16)28-24(17)27-14)20-11-19-15(2)21(12-25(3,4)5)29-22(19)13-26-20;1-10-7-8-12(13-9-10)11-5-3-2-4-6-11;/h8,16-18,20,23-24H,6-7,9-13H2,1-5H3;8,10H,2-5,7,9H2,1H3;/q2*-2;/t16-,17?,18?,20+,23+,24?;10-;/m00./s1/i1D3,12D2;;. The van der Waals surface area contributed by atoms with Gasteiger partial charge in [-0.05, 0) is 66.7 Å². The van der Waals surface area contributed by atoms with E-state index in [0.717, 1.165) is 55.0 Å². The molecule has 43 heavy (non-hydrogen) atoms. The molecule has 0 spiro atoms. The molecule has 4 nitrogen and oxygen atoms in total. The van der Waals surface area contributed by atoms with E-state index < -0.39 is 18.6 Å². The van der Waals surface area contributed by atoms with E-state index in [2.05, 4.69) is 42.7 Å². The molecule has 3 unspecified atom stereocenters. The Labute approximate surface area is 286 Å². The Morgan fingerprint density at radius 3 is 2.81 bits per heavy atom. The van der Waals surface area contributed by atoms with Crippen LogP contribution in [0.15, 0.2) is 22.3 Å². The zero-order valence-electron chi connectivity index (χ0n) is 31.7. The summed E-state index contributed by atoms with van der Waals surface area (Å²) in [5.74, 6) is 1.66. The summed E-state index contributed by atoms with van der Waals surface area (Å²) in [6.45, 7) is 9.75. The van der Waals surface area contributed by atoms with E-state index in [0.29, 0.717) is 30.5 Å². The first-order chi connectivity index (χ1) is 22.1. The van der Waals surface area contributed by atoms with Crippen molar-refractivity contribution in [2.75, 3.05) is 6.54 Å². The second kappa shape index (κ2) is 14.3. The van der Waals surface area contributed by atoms with Crippen LogP contribution in [0.1, 0.15) is 120 Å². The third-order valence-corrected chi connectivity index (χ3v) is 11.1. The average Bonchev–Trinajstić information content (AvgIpc) is 3.58. The number of rotatable bonds is 3. The molecule has 1 radical (unpaired) electrons. The van der Waals surface area contributed by atoms with Crippen LogP contribution in [-0.2, 0) is 44.2 Å². The first-order valence-corrected chi connectivity index (χ1v) is 17.3. The van der Waals surface area contributed by atoms with Crippen LogP contribution in [0.3, 0.4) is 0 Å². The molecule has 7 rings (SSSR count). The zero-order chi connectivity index (χ0) is 33.7. The van der Waals surface area contributed by atoms with E-state index in [9.17, 15) is 0 Å². The summed E-state index contributed by atoms with van der Waals surface area (Å²) in [5, 5.41) is 9.67. The van der Waals surface area contributed by atoms with Crippen LogP contribution in [0.2, 0.25) is 0 Å². The Morgan fingerprint density at radius 1 is 1.23 bits per heavy atom. The van der Waals surface area contributed by atoms with E-state index in [1.165, 1.54) is 47.4 Å². The van der Waals surface area contributed by atoms with Crippen LogP contribution in [0, 0.1) is 48.5 Å². The minimum atomic E-state index is -2.13. The topological polar surface area (TPSA) is 49.8 Å². The SMILES string of the molecule is C[C@H]1CC=C(C2=[C-]CCCC2)[N-]C1.[2H]C([2H])([2H])C1=NC2O[C@H]3C([C@H]4Cc5c(sc(C([2H])([2H])C(C)(C)C)c5C)C[N-]4)[CH-]CC[C@H]3C2CC1.[Ir]. The van der Waals surface area contributed by atoms with E-state index in [4.69, 9.17) is 16.9 Å². The number of nitrogens with zero attached hydrogens (tertiary/aromatic N) is 3. The maximum atomic E-state index is 8.80. The molecule has 0 N–H and O–H groups in total. The summed E-state index contributed by atoms with van der Waals surface area (Å²) in [5.41, 5.74) is 4.85. The van der Waals surface area contributed by atoms with Crippen LogP contribution >= 0.6 is 11.3 Å². The van der Waals surface area contributed by atoms with Crippen molar-refractivity contribution >= 4 is 17.0 Å². The molecule has 7 atom stereocenters. The number of hydrogen-bond donors (Lipinski definition) is 0. The predicted octanol–water partition coefficient (Wildman–Crippen LogP) is 9.85. The van der Waals surface area contributed by atoms with Gasteiger partial charge in [-0.15, -0.1) is 30.8 Å². The molecule has 0 bridgehead atoms. The average molecular weight is 785 g/mol. The van der Waals surface area contributed by atoms with Gasteiger partial charge in [-0.2, -0.15) is 24.5 Å². The molecule has 2 aliphatic carbocycles. The minimum absolute atomic E-state index is 0. The Kier molecular flexibility index (Phi) is 9.11. The van der Waals surface area contributed by atoms with Gasteiger partial charge in [0.05, 0.1) is 0 Å². The monoisotopic (exact) mass is 785 g/mol. The van der Waals surface area contributed by atoms with Gasteiger partial charge in [-0.3, -0.25) is 11.1 Å². The van der Waals surface area contributed by atoms with E-state index in [1.807, 2.05) is 20.8 Å². The molecular weight excluding hydrogens is 727 g/mol. The van der Waals surface area contributed by atoms with Crippen molar-refractivity contribution in [3.8, 4) is 0 Å². The van der Waals surface area contributed by atoms with Gasteiger partial charge in [0.1, 0.15) is 0 Å². The molecule has 1 saturated carbocycles. The molecule has 1 saturated heterocycles. The van der Waals surface area contributed by atoms with Gasteiger partial charge in [0.2, 0.25) is 0 Å². The van der Waals surface area contributed by atoms with Crippen molar-refractivity contribution < 1.29 is 31.7 Å². The third kappa shape index (κ3) is 7.79. The van der Waals surface area contributed by atoms with Crippen molar-refractivity contribution in [3.05, 3.63) is 61.4 Å². The summed E-state index contributed by atoms with van der Waals surface area (Å²) < 4.78 is 47.4. The number of fused-ring (bicyclic) bond motifs is 4. The second-order valence-corrected chi connectivity index (χ2v) is 15.5. The van der Waals surface area contributed by atoms with E-state index in [1.54, 1.807) is 11.3 Å². The van der Waals surface area contributed by atoms with Gasteiger partial charge in [-0.25, -0.2) is 5.57 Å². The summed E-state index contributed by atoms with van der Waals surface area (Å²) in [7, 11) is 0. The molecule has 2 fully saturated rings. The van der Waals surface area contributed by atoms with Gasteiger partial charge in [-0.1, -0.05) is 65.7 Å². The first-order valence-electron chi connectivity index (χ1n) is 19.0. The molecule has 4 aliphatic heterocycles. The number of ether oxygens (including phenoxy) is 1. The van der Waals surface area contributed by atoms with Gasteiger partial charge in [0.15, 0.2) is 6.23 Å². The molecule has 241 valence electrons. The van der Waals surface area contributed by atoms with E-state index in [-0.39, 0.29) is 44.4 Å². The molecule has 6 heteroatoms. The van der Waals surface area contributed by atoms with Gasteiger partial charge in [0.25, 0.3) is 0 Å². The Hall–Kier alpha value is -0.781. The van der Waals surface area contributed by atoms with Crippen molar-refractivity contribution in [1.82, 2.24) is 0 Å². The smallest absolute Gasteiger partial charge is 0.151 e. The molecular formula is C37H53IrN3OS-4. The molecule has 5 heterocycles. The maximum Gasteiger partial charge on any atom is 0.151 e. The molecule has 6 aliphatic rings. The number of thiophene rings is 1. The van der Waals surface area contributed by atoms with Gasteiger partial charge >= 0.3 is 0 Å². The van der Waals surface area contributed by atoms with Gasteiger partial charge in [0, 0.05) is 49.6 Å². The predicted molar refractivity (Wildman–Crippen MR) is 177 cm³/mol. The molecule has 1 aromatic heterocycles. The summed E-state index contributed by atoms with van der Waals surface area (Å²) >= 11 is 1.60. The molecule has 0 amide bonds. The summed E-state index contributed by atoms with van der Waals surface area (Å²) in [6, 6.07) is 0.119. The Bertz CT molecular complexity index is 1400. The summed E-state index contributed by atoms with van der Waals surface area (Å²) in [6.07, 6.45) is 16.9. The third-order valence-electron chi connectivity index (χ3n) is 9.91. The normalized spacial score (nSPS) is 36.0. The molecule has 1 aromatic rings. The minimum Gasteiger partial charge on any atom is -0.769 e. The second-order valence-electron chi connectivity index (χ2n) is 14.4. The van der Waals surface area contributed by atoms with Crippen LogP contribution in [0.4, 0.5) is 0 Å². The van der Waals surface area contributed by atoms with E-state index >= 15 is 0 Å². The van der Waals surface area contributed by atoms with Crippen LogP contribution in [0.25, 0.3) is 10.6 Å². The maximum absolute atomic E-state index is 8.80. The number of hydrogen-bond acceptors (Lipinski definition) is 3. The summed E-state index contributed by atoms with van der Waals surface area (Å²) in [4.78, 5) is 6.62.